The van der Waals surface area contributed by atoms with Gasteiger partial charge in [0.05, 0.1) is 90.8 Å². The van der Waals surface area contributed by atoms with Gasteiger partial charge in [0, 0.05) is 12.8 Å². The van der Waals surface area contributed by atoms with Gasteiger partial charge in [0.2, 0.25) is 0 Å². The van der Waals surface area contributed by atoms with Crippen LogP contribution in [0.4, 0.5) is 0 Å². The zero-order chi connectivity index (χ0) is 34.2. The lowest BCUT2D eigenvalue weighted by Gasteiger charge is -2.32. The van der Waals surface area contributed by atoms with E-state index in [9.17, 15) is 0 Å². The van der Waals surface area contributed by atoms with Gasteiger partial charge in [-0.25, -0.2) is 0 Å². The molecule has 0 atom stereocenters. The molecule has 0 bridgehead atoms. The predicted molar refractivity (Wildman–Crippen MR) is 196 cm³/mol. The number of ether oxygens (including phenoxy) is 2. The van der Waals surface area contributed by atoms with Gasteiger partial charge >= 0.3 is 0 Å². The Morgan fingerprint density at radius 2 is 0.688 bits per heavy atom. The van der Waals surface area contributed by atoms with Gasteiger partial charge in [0.15, 0.2) is 0 Å². The Hall–Kier alpha value is -4.62. The molecule has 0 aliphatic carbocycles. The van der Waals surface area contributed by atoms with Crippen LogP contribution in [-0.4, -0.2) is 76.5 Å². The molecule has 0 unspecified atom stereocenters. The highest BCUT2D eigenvalue weighted by Crippen LogP contribution is 2.24. The molecule has 4 rings (SSSR count). The molecule has 4 aromatic carbocycles. The predicted octanol–water partition coefficient (Wildman–Crippen LogP) is 8.72. The van der Waals surface area contributed by atoms with E-state index in [0.29, 0.717) is 11.1 Å². The summed E-state index contributed by atoms with van der Waals surface area (Å²) in [6, 6.07) is 36.1. The van der Waals surface area contributed by atoms with E-state index in [2.05, 4.69) is 64.6 Å². The first-order valence-electron chi connectivity index (χ1n) is 17.3. The van der Waals surface area contributed by atoms with Gasteiger partial charge in [-0.3, -0.25) is 0 Å². The normalized spacial score (nSPS) is 11.5. The highest BCUT2D eigenvalue weighted by molar-refractivity contribution is 5.65. The molecular weight excluding hydrogens is 592 g/mol. The van der Waals surface area contributed by atoms with Crippen molar-refractivity contribution in [2.75, 3.05) is 67.6 Å². The van der Waals surface area contributed by atoms with Crippen molar-refractivity contribution in [2.45, 2.75) is 38.5 Å². The molecule has 0 spiro atoms. The van der Waals surface area contributed by atoms with Crippen molar-refractivity contribution in [3.05, 3.63) is 108 Å². The molecule has 0 amide bonds. The largest absolute Gasteiger partial charge is 0.494 e. The van der Waals surface area contributed by atoms with E-state index in [-0.39, 0.29) is 0 Å². The van der Waals surface area contributed by atoms with Crippen molar-refractivity contribution in [1.82, 2.24) is 0 Å². The van der Waals surface area contributed by atoms with Crippen molar-refractivity contribution in [3.8, 4) is 45.9 Å². The number of hydrogen-bond donors (Lipinski definition) is 0. The minimum Gasteiger partial charge on any atom is -0.494 e. The minimum absolute atomic E-state index is 0.676. The summed E-state index contributed by atoms with van der Waals surface area (Å²) in [7, 11) is 9.40. The quantitative estimate of drug-likeness (QED) is 0.0757. The Kier molecular flexibility index (Phi) is 13.6. The van der Waals surface area contributed by atoms with Gasteiger partial charge in [-0.15, -0.1) is 0 Å². The van der Waals surface area contributed by atoms with Crippen molar-refractivity contribution >= 4 is 0 Å². The summed E-state index contributed by atoms with van der Waals surface area (Å²) in [6.07, 6.45) is 6.91. The van der Waals surface area contributed by atoms with Crippen LogP contribution < -0.4 is 9.47 Å². The third-order valence-electron chi connectivity index (χ3n) is 9.03. The molecule has 0 N–H and O–H groups in total. The maximum absolute atomic E-state index is 8.99. The zero-order valence-corrected chi connectivity index (χ0v) is 29.3. The summed E-state index contributed by atoms with van der Waals surface area (Å²) in [5, 5.41) is 18.0. The Bertz CT molecular complexity index is 1490. The van der Waals surface area contributed by atoms with Gasteiger partial charge in [0.25, 0.3) is 0 Å². The van der Waals surface area contributed by atoms with Gasteiger partial charge in [-0.1, -0.05) is 48.5 Å². The van der Waals surface area contributed by atoms with Crippen LogP contribution >= 0.6 is 0 Å². The van der Waals surface area contributed by atoms with Crippen molar-refractivity contribution in [1.29, 1.82) is 10.5 Å². The van der Waals surface area contributed by atoms with E-state index in [1.165, 1.54) is 25.9 Å². The fourth-order valence-corrected chi connectivity index (χ4v) is 5.93. The third kappa shape index (κ3) is 12.2. The molecule has 250 valence electrons. The number of unbranched alkanes of at least 4 members (excludes halogenated alkanes) is 3. The number of benzene rings is 4. The molecule has 0 radical (unpaired) electrons. The molecule has 0 saturated carbocycles. The number of nitriles is 2. The summed E-state index contributed by atoms with van der Waals surface area (Å²) in [6.45, 7) is 6.21. The first-order chi connectivity index (χ1) is 23.2. The van der Waals surface area contributed by atoms with E-state index < -0.39 is 0 Å². The average Bonchev–Trinajstić information content (AvgIpc) is 3.10. The van der Waals surface area contributed by atoms with Crippen LogP contribution in [0.5, 0.6) is 11.5 Å². The van der Waals surface area contributed by atoms with Crippen LogP contribution in [0, 0.1) is 22.7 Å². The van der Waals surface area contributed by atoms with Crippen LogP contribution in [0.15, 0.2) is 97.1 Å². The molecule has 48 heavy (non-hydrogen) atoms. The van der Waals surface area contributed by atoms with Crippen molar-refractivity contribution in [2.24, 2.45) is 0 Å². The highest BCUT2D eigenvalue weighted by Gasteiger charge is 2.18. The summed E-state index contributed by atoms with van der Waals surface area (Å²) in [5.41, 5.74) is 5.80. The van der Waals surface area contributed by atoms with Crippen LogP contribution in [-0.2, 0) is 0 Å². The molecule has 0 aliphatic rings. The maximum Gasteiger partial charge on any atom is 0.119 e. The monoisotopic (exact) mass is 644 g/mol. The first kappa shape index (κ1) is 36.2. The molecule has 0 aliphatic heterocycles. The van der Waals surface area contributed by atoms with E-state index >= 15 is 0 Å². The SMILES string of the molecule is C[N+](C)(CCCCOc1ccc(-c2ccc(C#N)cc2)cc1)CCCC[N+](C)(C)CCCCOc1ccc(-c2ccc(C#N)cc2)cc1. The van der Waals surface area contributed by atoms with E-state index in [0.717, 1.165) is 94.7 Å². The summed E-state index contributed by atoms with van der Waals surface area (Å²) in [4.78, 5) is 0. The number of hydrogen-bond acceptors (Lipinski definition) is 4. The van der Waals surface area contributed by atoms with Gasteiger partial charge in [-0.2, -0.15) is 10.5 Å². The van der Waals surface area contributed by atoms with Crippen molar-refractivity contribution < 1.29 is 18.4 Å². The second-order valence-electron chi connectivity index (χ2n) is 14.0. The molecule has 0 saturated heterocycles. The van der Waals surface area contributed by atoms with Gasteiger partial charge in [-0.05, 0) is 96.5 Å². The molecule has 4 aromatic rings. The minimum atomic E-state index is 0.676. The smallest absolute Gasteiger partial charge is 0.119 e. The fraction of sp³-hybridized carbons (Fsp3) is 0.381. The number of quaternary nitrogens is 2. The Morgan fingerprint density at radius 3 is 0.979 bits per heavy atom. The second kappa shape index (κ2) is 18.1. The molecule has 0 heterocycles. The number of rotatable bonds is 19. The van der Waals surface area contributed by atoms with Gasteiger partial charge < -0.3 is 18.4 Å². The van der Waals surface area contributed by atoms with Crippen LogP contribution in [0.1, 0.15) is 49.7 Å². The molecular formula is C42H52N4O2+2. The zero-order valence-electron chi connectivity index (χ0n) is 29.3. The molecule has 0 fully saturated rings. The van der Waals surface area contributed by atoms with E-state index in [1.807, 2.05) is 72.8 Å². The lowest BCUT2D eigenvalue weighted by molar-refractivity contribution is -0.897. The molecule has 0 aromatic heterocycles. The highest BCUT2D eigenvalue weighted by atomic mass is 16.5. The fourth-order valence-electron chi connectivity index (χ4n) is 5.93. The van der Waals surface area contributed by atoms with E-state index in [1.54, 1.807) is 0 Å². The second-order valence-corrected chi connectivity index (χ2v) is 14.0. The van der Waals surface area contributed by atoms with Gasteiger partial charge in [0.1, 0.15) is 11.5 Å². The first-order valence-corrected chi connectivity index (χ1v) is 17.3. The molecule has 6 heteroatoms. The summed E-state index contributed by atoms with van der Waals surface area (Å²) >= 11 is 0. The van der Waals surface area contributed by atoms with Crippen LogP contribution in [0.25, 0.3) is 22.3 Å². The lowest BCUT2D eigenvalue weighted by atomic mass is 10.0. The molecule has 6 nitrogen and oxygen atoms in total. The standard InChI is InChI=1S/C42H52N4O2/c1-45(2,29-7-9-31-47-41-23-19-39(20-24-41)37-15-11-35(33-43)12-16-37)27-5-6-28-46(3,4)30-8-10-32-48-42-25-21-40(22-26-42)38-17-13-36(34-44)14-18-38/h11-26H,5-10,27-32H2,1-4H3/q+2. The summed E-state index contributed by atoms with van der Waals surface area (Å²) in [5.74, 6) is 1.81. The Labute approximate surface area is 288 Å². The average molecular weight is 645 g/mol. The van der Waals surface area contributed by atoms with Crippen LogP contribution in [0.2, 0.25) is 0 Å². The lowest BCUT2D eigenvalue weighted by Crippen LogP contribution is -2.43. The number of nitrogens with zero attached hydrogens (tertiary/aromatic N) is 4. The van der Waals surface area contributed by atoms with Crippen LogP contribution in [0.3, 0.4) is 0 Å². The van der Waals surface area contributed by atoms with Crippen molar-refractivity contribution in [3.63, 3.8) is 0 Å². The van der Waals surface area contributed by atoms with E-state index in [4.69, 9.17) is 20.0 Å². The Balaban J connectivity index is 1.02. The summed E-state index contributed by atoms with van der Waals surface area (Å²) < 4.78 is 14.1. The Morgan fingerprint density at radius 1 is 0.417 bits per heavy atom. The third-order valence-corrected chi connectivity index (χ3v) is 9.03. The maximum atomic E-state index is 8.99. The topological polar surface area (TPSA) is 66.0 Å².